The minimum Gasteiger partial charge on any atom is -0.396 e. The zero-order valence-corrected chi connectivity index (χ0v) is 7.23. The average Bonchev–Trinajstić information content (AvgIpc) is 2.10. The van der Waals surface area contributed by atoms with Gasteiger partial charge in [0.05, 0.1) is 6.61 Å². The number of allylic oxidation sites excluding steroid dienone is 4. The lowest BCUT2D eigenvalue weighted by molar-refractivity contribution is -0.113. The zero-order valence-electron chi connectivity index (χ0n) is 7.23. The monoisotopic (exact) mass is 166 g/mol. The molecule has 0 fully saturated rings. The SMILES string of the molecule is CC1=CCC(C(C=O)CO)C=C1. The van der Waals surface area contributed by atoms with Crippen LogP contribution in [0.2, 0.25) is 0 Å². The van der Waals surface area contributed by atoms with E-state index >= 15 is 0 Å². The van der Waals surface area contributed by atoms with Gasteiger partial charge in [0.25, 0.3) is 0 Å². The first-order chi connectivity index (χ1) is 5.77. The van der Waals surface area contributed by atoms with Gasteiger partial charge in [0, 0.05) is 5.92 Å². The first-order valence-corrected chi connectivity index (χ1v) is 4.19. The van der Waals surface area contributed by atoms with Gasteiger partial charge < -0.3 is 9.90 Å². The van der Waals surface area contributed by atoms with Crippen LogP contribution < -0.4 is 0 Å². The van der Waals surface area contributed by atoms with Crippen molar-refractivity contribution in [1.82, 2.24) is 0 Å². The molecule has 0 spiro atoms. The minimum absolute atomic E-state index is 0.0502. The molecule has 0 saturated carbocycles. The van der Waals surface area contributed by atoms with E-state index < -0.39 is 0 Å². The molecule has 0 heterocycles. The Labute approximate surface area is 72.6 Å². The van der Waals surface area contributed by atoms with Crippen molar-refractivity contribution in [3.63, 3.8) is 0 Å². The second-order valence-corrected chi connectivity index (χ2v) is 3.19. The first kappa shape index (κ1) is 9.20. The standard InChI is InChI=1S/C10H14O2/c1-8-2-4-9(5-3-8)10(6-11)7-12/h2-4,6,9-10,12H,5,7H2,1H3. The number of hydrogen-bond donors (Lipinski definition) is 1. The van der Waals surface area contributed by atoms with Gasteiger partial charge in [-0.2, -0.15) is 0 Å². The Morgan fingerprint density at radius 1 is 1.83 bits per heavy atom. The fourth-order valence-corrected chi connectivity index (χ4v) is 1.34. The summed E-state index contributed by atoms with van der Waals surface area (Å²) in [4.78, 5) is 10.5. The third kappa shape index (κ3) is 2.05. The quantitative estimate of drug-likeness (QED) is 0.642. The van der Waals surface area contributed by atoms with Gasteiger partial charge in [-0.05, 0) is 19.3 Å². The summed E-state index contributed by atoms with van der Waals surface area (Å²) in [5.74, 6) is -0.0400. The molecule has 66 valence electrons. The Bertz CT molecular complexity index is 216. The van der Waals surface area contributed by atoms with E-state index in [0.29, 0.717) is 0 Å². The van der Waals surface area contributed by atoms with Crippen molar-refractivity contribution >= 4 is 6.29 Å². The third-order valence-corrected chi connectivity index (χ3v) is 2.25. The summed E-state index contributed by atoms with van der Waals surface area (Å²) in [5.41, 5.74) is 1.23. The fourth-order valence-electron chi connectivity index (χ4n) is 1.34. The van der Waals surface area contributed by atoms with Crippen LogP contribution in [0.3, 0.4) is 0 Å². The van der Waals surface area contributed by atoms with Crippen molar-refractivity contribution in [2.45, 2.75) is 13.3 Å². The van der Waals surface area contributed by atoms with Crippen LogP contribution in [0.4, 0.5) is 0 Å². The molecule has 1 aliphatic rings. The Morgan fingerprint density at radius 3 is 3.00 bits per heavy atom. The van der Waals surface area contributed by atoms with Gasteiger partial charge in [-0.15, -0.1) is 0 Å². The van der Waals surface area contributed by atoms with Gasteiger partial charge in [-0.25, -0.2) is 0 Å². The van der Waals surface area contributed by atoms with Gasteiger partial charge in [0.15, 0.2) is 0 Å². The van der Waals surface area contributed by atoms with E-state index in [9.17, 15) is 4.79 Å². The topological polar surface area (TPSA) is 37.3 Å². The second kappa shape index (κ2) is 4.21. The fraction of sp³-hybridized carbons (Fsp3) is 0.500. The lowest BCUT2D eigenvalue weighted by atomic mass is 9.87. The second-order valence-electron chi connectivity index (χ2n) is 3.19. The van der Waals surface area contributed by atoms with Crippen molar-refractivity contribution in [3.05, 3.63) is 23.8 Å². The highest BCUT2D eigenvalue weighted by Crippen LogP contribution is 2.22. The van der Waals surface area contributed by atoms with Gasteiger partial charge in [-0.3, -0.25) is 0 Å². The number of aliphatic hydroxyl groups is 1. The highest BCUT2D eigenvalue weighted by Gasteiger charge is 2.17. The van der Waals surface area contributed by atoms with E-state index in [-0.39, 0.29) is 18.4 Å². The van der Waals surface area contributed by atoms with Crippen molar-refractivity contribution in [1.29, 1.82) is 0 Å². The molecule has 1 N–H and O–H groups in total. The molecule has 0 aliphatic heterocycles. The van der Waals surface area contributed by atoms with E-state index in [1.54, 1.807) is 0 Å². The van der Waals surface area contributed by atoms with Gasteiger partial charge in [0.1, 0.15) is 6.29 Å². The van der Waals surface area contributed by atoms with E-state index in [4.69, 9.17) is 5.11 Å². The minimum atomic E-state index is -0.231. The molecule has 0 amide bonds. The number of carbonyl (C=O) groups excluding carboxylic acids is 1. The van der Waals surface area contributed by atoms with Crippen LogP contribution in [0.25, 0.3) is 0 Å². The molecule has 0 aromatic heterocycles. The molecule has 0 aromatic carbocycles. The van der Waals surface area contributed by atoms with Crippen molar-refractivity contribution in [2.75, 3.05) is 6.61 Å². The van der Waals surface area contributed by atoms with Crippen molar-refractivity contribution < 1.29 is 9.90 Å². The normalized spacial score (nSPS) is 24.8. The van der Waals surface area contributed by atoms with Crippen molar-refractivity contribution in [3.8, 4) is 0 Å². The van der Waals surface area contributed by atoms with Crippen LogP contribution in [-0.2, 0) is 4.79 Å². The zero-order chi connectivity index (χ0) is 8.97. The summed E-state index contributed by atoms with van der Waals surface area (Å²) in [5, 5.41) is 8.86. The Hall–Kier alpha value is -0.890. The lowest BCUT2D eigenvalue weighted by Gasteiger charge is -2.18. The summed E-state index contributed by atoms with van der Waals surface area (Å²) in [7, 11) is 0. The van der Waals surface area contributed by atoms with E-state index in [0.717, 1.165) is 12.7 Å². The predicted octanol–water partition coefficient (Wildman–Crippen LogP) is 1.32. The molecule has 0 radical (unpaired) electrons. The number of hydrogen-bond acceptors (Lipinski definition) is 2. The molecule has 2 atom stereocenters. The molecule has 0 bridgehead atoms. The smallest absolute Gasteiger partial charge is 0.125 e. The first-order valence-electron chi connectivity index (χ1n) is 4.19. The molecule has 2 unspecified atom stereocenters. The molecule has 12 heavy (non-hydrogen) atoms. The molecule has 2 heteroatoms. The predicted molar refractivity (Wildman–Crippen MR) is 47.6 cm³/mol. The van der Waals surface area contributed by atoms with Crippen LogP contribution in [0.1, 0.15) is 13.3 Å². The molecule has 1 rings (SSSR count). The Balaban J connectivity index is 2.56. The third-order valence-electron chi connectivity index (χ3n) is 2.25. The van der Waals surface area contributed by atoms with Crippen LogP contribution in [0.5, 0.6) is 0 Å². The van der Waals surface area contributed by atoms with Crippen molar-refractivity contribution in [2.24, 2.45) is 11.8 Å². The Kier molecular flexibility index (Phi) is 3.23. The molecule has 2 nitrogen and oxygen atoms in total. The molecule has 0 saturated heterocycles. The maximum Gasteiger partial charge on any atom is 0.125 e. The van der Waals surface area contributed by atoms with E-state index in [1.165, 1.54) is 5.57 Å². The van der Waals surface area contributed by atoms with Crippen LogP contribution in [0, 0.1) is 11.8 Å². The maximum atomic E-state index is 10.5. The van der Waals surface area contributed by atoms with Crippen LogP contribution >= 0.6 is 0 Å². The maximum absolute atomic E-state index is 10.5. The summed E-state index contributed by atoms with van der Waals surface area (Å²) >= 11 is 0. The lowest BCUT2D eigenvalue weighted by Crippen LogP contribution is -2.18. The van der Waals surface area contributed by atoms with E-state index in [2.05, 4.69) is 6.08 Å². The molecular formula is C10H14O2. The average molecular weight is 166 g/mol. The summed E-state index contributed by atoms with van der Waals surface area (Å²) in [6.45, 7) is 1.98. The summed E-state index contributed by atoms with van der Waals surface area (Å²) in [6, 6.07) is 0. The van der Waals surface area contributed by atoms with Gasteiger partial charge in [0.2, 0.25) is 0 Å². The van der Waals surface area contributed by atoms with Gasteiger partial charge >= 0.3 is 0 Å². The van der Waals surface area contributed by atoms with Gasteiger partial charge in [-0.1, -0.05) is 23.8 Å². The molecular weight excluding hydrogens is 152 g/mol. The number of rotatable bonds is 3. The number of carbonyl (C=O) groups is 1. The molecule has 0 aromatic rings. The van der Waals surface area contributed by atoms with Crippen LogP contribution in [0.15, 0.2) is 23.8 Å². The number of aliphatic hydroxyl groups excluding tert-OH is 1. The highest BCUT2D eigenvalue weighted by atomic mass is 16.3. The Morgan fingerprint density at radius 2 is 2.58 bits per heavy atom. The summed E-state index contributed by atoms with van der Waals surface area (Å²) in [6.07, 6.45) is 7.80. The van der Waals surface area contributed by atoms with E-state index in [1.807, 2.05) is 19.1 Å². The molecule has 1 aliphatic carbocycles. The largest absolute Gasteiger partial charge is 0.396 e. The number of aldehydes is 1. The van der Waals surface area contributed by atoms with Crippen LogP contribution in [-0.4, -0.2) is 18.0 Å². The summed E-state index contributed by atoms with van der Waals surface area (Å²) < 4.78 is 0. The highest BCUT2D eigenvalue weighted by molar-refractivity contribution is 5.55.